The number of hydrogen-bond donors (Lipinski definition) is 1. The van der Waals surface area contributed by atoms with Gasteiger partial charge in [-0.25, -0.2) is 4.98 Å². The summed E-state index contributed by atoms with van der Waals surface area (Å²) in [5.41, 5.74) is 1.23. The van der Waals surface area contributed by atoms with Gasteiger partial charge in [-0.05, 0) is 40.0 Å². The lowest BCUT2D eigenvalue weighted by molar-refractivity contribution is 0.382. The minimum atomic E-state index is 0.360. The molecule has 0 aliphatic heterocycles. The summed E-state index contributed by atoms with van der Waals surface area (Å²) in [5.74, 6) is 0.794. The van der Waals surface area contributed by atoms with Crippen molar-refractivity contribution in [3.8, 4) is 0 Å². The molecule has 0 aliphatic rings. The third-order valence-electron chi connectivity index (χ3n) is 3.34. The number of aryl methyl sites for hydroxylation is 2. The summed E-state index contributed by atoms with van der Waals surface area (Å²) >= 11 is 1.79. The third-order valence-corrected chi connectivity index (χ3v) is 4.24. The van der Waals surface area contributed by atoms with Crippen molar-refractivity contribution in [2.45, 2.75) is 66.5 Å². The summed E-state index contributed by atoms with van der Waals surface area (Å²) in [7, 11) is 0. The molecule has 0 saturated heterocycles. The molecule has 3 unspecified atom stereocenters. The molecule has 2 nitrogen and oxygen atoms in total. The highest BCUT2D eigenvalue weighted by Gasteiger charge is 2.16. The molecule has 3 heteroatoms. The van der Waals surface area contributed by atoms with Gasteiger partial charge in [-0.1, -0.05) is 20.3 Å². The Kier molecular flexibility index (Phi) is 5.60. The van der Waals surface area contributed by atoms with Crippen LogP contribution in [0.15, 0.2) is 0 Å². The van der Waals surface area contributed by atoms with E-state index in [0.717, 1.165) is 5.92 Å². The predicted molar refractivity (Wildman–Crippen MR) is 76.7 cm³/mol. The van der Waals surface area contributed by atoms with Crippen LogP contribution in [0.5, 0.6) is 0 Å². The van der Waals surface area contributed by atoms with Gasteiger partial charge in [0.15, 0.2) is 0 Å². The highest BCUT2D eigenvalue weighted by Crippen LogP contribution is 2.23. The van der Waals surface area contributed by atoms with Crippen molar-refractivity contribution >= 4 is 11.3 Å². The Hall–Kier alpha value is -0.410. The molecule has 0 amide bonds. The van der Waals surface area contributed by atoms with Crippen molar-refractivity contribution < 1.29 is 0 Å². The Balaban J connectivity index is 2.54. The Morgan fingerprint density at radius 3 is 2.35 bits per heavy atom. The number of hydrogen-bond acceptors (Lipinski definition) is 3. The van der Waals surface area contributed by atoms with Crippen molar-refractivity contribution in [1.29, 1.82) is 0 Å². The molecule has 0 fully saturated rings. The molecule has 0 saturated carbocycles. The van der Waals surface area contributed by atoms with E-state index in [0.29, 0.717) is 12.1 Å². The summed E-state index contributed by atoms with van der Waals surface area (Å²) in [6.45, 7) is 13.3. The lowest BCUT2D eigenvalue weighted by Crippen LogP contribution is -2.30. The van der Waals surface area contributed by atoms with Gasteiger partial charge in [-0.2, -0.15) is 0 Å². The number of rotatable bonds is 6. The minimum absolute atomic E-state index is 0.360. The smallest absolute Gasteiger partial charge is 0.0900 e. The second-order valence-electron chi connectivity index (χ2n) is 5.21. The molecule has 17 heavy (non-hydrogen) atoms. The van der Waals surface area contributed by atoms with Crippen molar-refractivity contribution in [3.05, 3.63) is 15.6 Å². The summed E-state index contributed by atoms with van der Waals surface area (Å²) in [6.07, 6.45) is 2.50. The Morgan fingerprint density at radius 1 is 1.24 bits per heavy atom. The molecule has 1 rings (SSSR count). The van der Waals surface area contributed by atoms with Crippen molar-refractivity contribution in [3.63, 3.8) is 0 Å². The molecule has 0 bridgehead atoms. The van der Waals surface area contributed by atoms with Crippen LogP contribution in [0.25, 0.3) is 0 Å². The zero-order chi connectivity index (χ0) is 13.0. The minimum Gasteiger partial charge on any atom is -0.306 e. The van der Waals surface area contributed by atoms with E-state index in [1.807, 2.05) is 0 Å². The first-order chi connectivity index (χ1) is 7.93. The van der Waals surface area contributed by atoms with Gasteiger partial charge in [0.25, 0.3) is 0 Å². The van der Waals surface area contributed by atoms with Crippen molar-refractivity contribution in [2.75, 3.05) is 0 Å². The van der Waals surface area contributed by atoms with Crippen molar-refractivity contribution in [1.82, 2.24) is 10.3 Å². The predicted octanol–water partition coefficient (Wildman–Crippen LogP) is 4.24. The van der Waals surface area contributed by atoms with Crippen LogP contribution >= 0.6 is 11.3 Å². The van der Waals surface area contributed by atoms with Gasteiger partial charge < -0.3 is 5.32 Å². The maximum Gasteiger partial charge on any atom is 0.0900 e. The monoisotopic (exact) mass is 254 g/mol. The molecule has 0 aromatic carbocycles. The maximum atomic E-state index is 4.62. The van der Waals surface area contributed by atoms with Gasteiger partial charge in [0.1, 0.15) is 0 Å². The molecule has 1 aromatic heterocycles. The van der Waals surface area contributed by atoms with E-state index in [4.69, 9.17) is 0 Å². The molecule has 0 aliphatic carbocycles. The first kappa shape index (κ1) is 14.7. The van der Waals surface area contributed by atoms with E-state index in [2.05, 4.69) is 51.8 Å². The van der Waals surface area contributed by atoms with Crippen LogP contribution in [-0.4, -0.2) is 11.0 Å². The van der Waals surface area contributed by atoms with Gasteiger partial charge in [0, 0.05) is 17.0 Å². The van der Waals surface area contributed by atoms with E-state index in [1.54, 1.807) is 11.3 Å². The van der Waals surface area contributed by atoms with Crippen LogP contribution in [0.1, 0.15) is 62.2 Å². The van der Waals surface area contributed by atoms with Crippen molar-refractivity contribution in [2.24, 2.45) is 5.92 Å². The third kappa shape index (κ3) is 4.40. The summed E-state index contributed by atoms with van der Waals surface area (Å²) in [4.78, 5) is 5.96. The molecule has 0 radical (unpaired) electrons. The number of nitrogens with one attached hydrogen (secondary N) is 1. The standard InChI is InChI=1S/C14H26N2S/c1-7-9(2)8-10(3)15-11(4)14-12(5)17-13(6)16-14/h9-11,15H,7-8H2,1-6H3. The largest absolute Gasteiger partial charge is 0.306 e. The Bertz CT molecular complexity index is 346. The topological polar surface area (TPSA) is 24.9 Å². The summed E-state index contributed by atoms with van der Waals surface area (Å²) in [6, 6.07) is 0.917. The molecule has 1 heterocycles. The normalized spacial score (nSPS) is 16.8. The van der Waals surface area contributed by atoms with Crippen LogP contribution in [-0.2, 0) is 0 Å². The Morgan fingerprint density at radius 2 is 1.88 bits per heavy atom. The van der Waals surface area contributed by atoms with Gasteiger partial charge in [0.05, 0.1) is 10.7 Å². The molecule has 1 N–H and O–H groups in total. The first-order valence-corrected chi connectivity index (χ1v) is 7.45. The zero-order valence-corrected chi connectivity index (χ0v) is 12.8. The molecular formula is C14H26N2S. The lowest BCUT2D eigenvalue weighted by Gasteiger charge is -2.21. The van der Waals surface area contributed by atoms with Crippen LogP contribution in [0.2, 0.25) is 0 Å². The molecule has 98 valence electrons. The van der Waals surface area contributed by atoms with Gasteiger partial charge in [-0.3, -0.25) is 0 Å². The van der Waals surface area contributed by atoms with Gasteiger partial charge in [0.2, 0.25) is 0 Å². The fourth-order valence-electron chi connectivity index (χ4n) is 2.29. The SMILES string of the molecule is CCC(C)CC(C)NC(C)c1nc(C)sc1C. The molecular weight excluding hydrogens is 228 g/mol. The van der Waals surface area contributed by atoms with Crippen LogP contribution in [0.3, 0.4) is 0 Å². The first-order valence-electron chi connectivity index (χ1n) is 6.64. The second-order valence-corrected chi connectivity index (χ2v) is 6.62. The summed E-state index contributed by atoms with van der Waals surface area (Å²) in [5, 5.41) is 4.83. The second kappa shape index (κ2) is 6.50. The fraction of sp³-hybridized carbons (Fsp3) is 0.786. The molecule has 1 aromatic rings. The highest BCUT2D eigenvalue weighted by atomic mass is 32.1. The quantitative estimate of drug-likeness (QED) is 0.821. The fourth-order valence-corrected chi connectivity index (χ4v) is 3.20. The van der Waals surface area contributed by atoms with E-state index in [9.17, 15) is 0 Å². The average Bonchev–Trinajstić information content (AvgIpc) is 2.57. The van der Waals surface area contributed by atoms with Crippen LogP contribution in [0, 0.1) is 19.8 Å². The van der Waals surface area contributed by atoms with E-state index in [-0.39, 0.29) is 0 Å². The van der Waals surface area contributed by atoms with E-state index in [1.165, 1.54) is 28.4 Å². The average molecular weight is 254 g/mol. The lowest BCUT2D eigenvalue weighted by atomic mass is 9.99. The molecule has 0 spiro atoms. The van der Waals surface area contributed by atoms with Gasteiger partial charge in [-0.15, -0.1) is 11.3 Å². The number of nitrogens with zero attached hydrogens (tertiary/aromatic N) is 1. The number of aromatic nitrogens is 1. The molecule has 3 atom stereocenters. The van der Waals surface area contributed by atoms with E-state index >= 15 is 0 Å². The number of thiazole rings is 1. The van der Waals surface area contributed by atoms with Gasteiger partial charge >= 0.3 is 0 Å². The van der Waals surface area contributed by atoms with Crippen LogP contribution in [0.4, 0.5) is 0 Å². The zero-order valence-electron chi connectivity index (χ0n) is 12.0. The maximum absolute atomic E-state index is 4.62. The van der Waals surface area contributed by atoms with Crippen LogP contribution < -0.4 is 5.32 Å². The van der Waals surface area contributed by atoms with E-state index < -0.39 is 0 Å². The highest BCUT2D eigenvalue weighted by molar-refractivity contribution is 7.11. The summed E-state index contributed by atoms with van der Waals surface area (Å²) < 4.78 is 0. The Labute approximate surface area is 110 Å².